The van der Waals surface area contributed by atoms with E-state index in [1.807, 2.05) is 0 Å². The molecular weight excluding hydrogens is 192 g/mol. The summed E-state index contributed by atoms with van der Waals surface area (Å²) in [5.74, 6) is -0.180. The molecule has 1 heterocycles. The van der Waals surface area contributed by atoms with E-state index >= 15 is 0 Å². The lowest BCUT2D eigenvalue weighted by molar-refractivity contribution is 0.0278. The molecule has 0 atom stereocenters. The summed E-state index contributed by atoms with van der Waals surface area (Å²) in [5, 5.41) is 10.0. The Morgan fingerprint density at radius 3 is 2.60 bits per heavy atom. The summed E-state index contributed by atoms with van der Waals surface area (Å²) in [6, 6.07) is 3.22. The van der Waals surface area contributed by atoms with Crippen LogP contribution < -0.4 is 5.73 Å². The van der Waals surface area contributed by atoms with Gasteiger partial charge in [0, 0.05) is 6.20 Å². The van der Waals surface area contributed by atoms with Gasteiger partial charge in [0.25, 0.3) is 0 Å². The number of rotatable bonds is 4. The molecule has 0 aromatic carbocycles. The fourth-order valence-corrected chi connectivity index (χ4v) is 1.43. The number of ketones is 1. The Kier molecular flexibility index (Phi) is 3.42. The first-order valence-corrected chi connectivity index (χ1v) is 5.02. The molecule has 0 spiro atoms. The molecule has 0 amide bonds. The molecule has 0 aliphatic rings. The van der Waals surface area contributed by atoms with Gasteiger partial charge in [-0.2, -0.15) is 0 Å². The van der Waals surface area contributed by atoms with Crippen LogP contribution in [0.4, 0.5) is 5.82 Å². The van der Waals surface area contributed by atoms with Crippen molar-refractivity contribution in [1.29, 1.82) is 0 Å². The Bertz CT molecular complexity index is 359. The van der Waals surface area contributed by atoms with Crippen molar-refractivity contribution < 1.29 is 9.90 Å². The number of hydrogen-bond acceptors (Lipinski definition) is 4. The second-order valence-corrected chi connectivity index (χ2v) is 3.50. The van der Waals surface area contributed by atoms with Crippen molar-refractivity contribution in [1.82, 2.24) is 4.98 Å². The van der Waals surface area contributed by atoms with E-state index < -0.39 is 5.60 Å². The number of nitrogens with two attached hydrogens (primary N) is 1. The average molecular weight is 208 g/mol. The second-order valence-electron chi connectivity index (χ2n) is 3.50. The van der Waals surface area contributed by atoms with Crippen LogP contribution in [0.15, 0.2) is 18.3 Å². The van der Waals surface area contributed by atoms with Crippen LogP contribution in [0.3, 0.4) is 0 Å². The number of carbonyl (C=O) groups is 1. The van der Waals surface area contributed by atoms with Crippen LogP contribution in [0.5, 0.6) is 0 Å². The molecule has 0 aliphatic carbocycles. The molecule has 0 radical (unpaired) electrons. The van der Waals surface area contributed by atoms with E-state index in [1.54, 1.807) is 26.0 Å². The van der Waals surface area contributed by atoms with Gasteiger partial charge in [0.1, 0.15) is 11.4 Å². The summed E-state index contributed by atoms with van der Waals surface area (Å²) in [6.07, 6.45) is 2.26. The largest absolute Gasteiger partial charge is 0.383 e. The van der Waals surface area contributed by atoms with Crippen LogP contribution >= 0.6 is 0 Å². The minimum absolute atomic E-state index is 0.169. The predicted molar refractivity (Wildman–Crippen MR) is 58.5 cm³/mol. The van der Waals surface area contributed by atoms with Crippen molar-refractivity contribution in [2.45, 2.75) is 32.3 Å². The van der Waals surface area contributed by atoms with E-state index in [4.69, 9.17) is 5.73 Å². The summed E-state index contributed by atoms with van der Waals surface area (Å²) >= 11 is 0. The first kappa shape index (κ1) is 11.7. The van der Waals surface area contributed by atoms with Crippen molar-refractivity contribution in [2.24, 2.45) is 0 Å². The monoisotopic (exact) mass is 208 g/mol. The fourth-order valence-electron chi connectivity index (χ4n) is 1.43. The van der Waals surface area contributed by atoms with Crippen LogP contribution in [0.2, 0.25) is 0 Å². The maximum atomic E-state index is 12.0. The first-order valence-electron chi connectivity index (χ1n) is 5.02. The number of nitrogen functional groups attached to an aromatic ring is 1. The predicted octanol–water partition coefficient (Wildman–Crippen LogP) is 1.40. The van der Waals surface area contributed by atoms with Crippen LogP contribution in [0.25, 0.3) is 0 Å². The van der Waals surface area contributed by atoms with Gasteiger partial charge in [-0.15, -0.1) is 0 Å². The van der Waals surface area contributed by atoms with Crippen molar-refractivity contribution in [3.63, 3.8) is 0 Å². The van der Waals surface area contributed by atoms with E-state index in [2.05, 4.69) is 4.98 Å². The fraction of sp³-hybridized carbons (Fsp3) is 0.455. The highest BCUT2D eigenvalue weighted by Gasteiger charge is 2.33. The third kappa shape index (κ3) is 2.15. The number of Topliss-reactive ketones (excluding diaryl/α,β-unsaturated/α-hetero) is 1. The van der Waals surface area contributed by atoms with Gasteiger partial charge >= 0.3 is 0 Å². The third-order valence-corrected chi connectivity index (χ3v) is 2.68. The van der Waals surface area contributed by atoms with Crippen molar-refractivity contribution >= 4 is 11.6 Å². The normalized spacial score (nSPS) is 11.4. The zero-order valence-corrected chi connectivity index (χ0v) is 9.03. The molecule has 0 saturated carbocycles. The molecule has 1 aromatic heterocycles. The van der Waals surface area contributed by atoms with Crippen LogP contribution in [0.1, 0.15) is 37.0 Å². The van der Waals surface area contributed by atoms with E-state index in [9.17, 15) is 9.90 Å². The maximum Gasteiger partial charge on any atom is 0.197 e. The molecule has 4 heteroatoms. The molecule has 0 bridgehead atoms. The third-order valence-electron chi connectivity index (χ3n) is 2.68. The van der Waals surface area contributed by atoms with Gasteiger partial charge in [0.05, 0.1) is 5.56 Å². The Morgan fingerprint density at radius 2 is 2.13 bits per heavy atom. The average Bonchev–Trinajstić information content (AvgIpc) is 2.28. The van der Waals surface area contributed by atoms with Crippen molar-refractivity contribution in [3.05, 3.63) is 23.9 Å². The minimum Gasteiger partial charge on any atom is -0.383 e. The number of aliphatic hydroxyl groups is 1. The van der Waals surface area contributed by atoms with E-state index in [1.165, 1.54) is 6.20 Å². The minimum atomic E-state index is -1.32. The lowest BCUT2D eigenvalue weighted by atomic mass is 9.88. The molecule has 1 aromatic rings. The highest BCUT2D eigenvalue weighted by molar-refractivity contribution is 6.05. The lowest BCUT2D eigenvalue weighted by Gasteiger charge is -2.23. The SMILES string of the molecule is CCC(O)(CC)C(=O)c1cccnc1N. The molecule has 0 aliphatic heterocycles. The lowest BCUT2D eigenvalue weighted by Crippen LogP contribution is -2.37. The number of aromatic nitrogens is 1. The molecule has 15 heavy (non-hydrogen) atoms. The Labute approximate surface area is 89.1 Å². The molecule has 0 unspecified atom stereocenters. The van der Waals surface area contributed by atoms with Crippen molar-refractivity contribution in [2.75, 3.05) is 5.73 Å². The molecule has 1 rings (SSSR count). The summed E-state index contributed by atoms with van der Waals surface area (Å²) in [6.45, 7) is 3.54. The first-order chi connectivity index (χ1) is 7.05. The topological polar surface area (TPSA) is 76.2 Å². The zero-order valence-electron chi connectivity index (χ0n) is 9.03. The summed E-state index contributed by atoms with van der Waals surface area (Å²) in [7, 11) is 0. The number of nitrogens with zero attached hydrogens (tertiary/aromatic N) is 1. The Morgan fingerprint density at radius 1 is 1.53 bits per heavy atom. The quantitative estimate of drug-likeness (QED) is 0.733. The van der Waals surface area contributed by atoms with Gasteiger partial charge in [0.15, 0.2) is 5.78 Å². The highest BCUT2D eigenvalue weighted by Crippen LogP contribution is 2.23. The van der Waals surface area contributed by atoms with Crippen LogP contribution in [-0.2, 0) is 0 Å². The van der Waals surface area contributed by atoms with Gasteiger partial charge in [-0.1, -0.05) is 13.8 Å². The molecular formula is C11H16N2O2. The van der Waals surface area contributed by atoms with Crippen molar-refractivity contribution in [3.8, 4) is 0 Å². The molecule has 4 nitrogen and oxygen atoms in total. The number of hydrogen-bond donors (Lipinski definition) is 2. The number of anilines is 1. The molecule has 0 saturated heterocycles. The Hall–Kier alpha value is -1.42. The number of pyridine rings is 1. The maximum absolute atomic E-state index is 12.0. The summed E-state index contributed by atoms with van der Waals surface area (Å²) in [4.78, 5) is 15.8. The molecule has 3 N–H and O–H groups in total. The van der Waals surface area contributed by atoms with Gasteiger partial charge in [0.2, 0.25) is 0 Å². The molecule has 82 valence electrons. The molecule has 0 fully saturated rings. The van der Waals surface area contributed by atoms with E-state index in [0.29, 0.717) is 18.4 Å². The van der Waals surface area contributed by atoms with Gasteiger partial charge in [-0.3, -0.25) is 4.79 Å². The van der Waals surface area contributed by atoms with E-state index in [-0.39, 0.29) is 11.6 Å². The summed E-state index contributed by atoms with van der Waals surface area (Å²) in [5.41, 5.74) is 4.56. The Balaban J connectivity index is 3.09. The van der Waals surface area contributed by atoms with Crippen LogP contribution in [-0.4, -0.2) is 21.5 Å². The smallest absolute Gasteiger partial charge is 0.197 e. The highest BCUT2D eigenvalue weighted by atomic mass is 16.3. The van der Waals surface area contributed by atoms with Gasteiger partial charge in [-0.25, -0.2) is 4.98 Å². The summed E-state index contributed by atoms with van der Waals surface area (Å²) < 4.78 is 0. The second kappa shape index (κ2) is 4.40. The number of carbonyl (C=O) groups excluding carboxylic acids is 1. The van der Waals surface area contributed by atoms with Gasteiger partial charge in [-0.05, 0) is 25.0 Å². The standard InChI is InChI=1S/C11H16N2O2/c1-3-11(15,4-2)9(14)8-6-5-7-13-10(8)12/h5-7,15H,3-4H2,1-2H3,(H2,12,13). The van der Waals surface area contributed by atoms with Crippen LogP contribution in [0, 0.1) is 0 Å². The van der Waals surface area contributed by atoms with Gasteiger partial charge < -0.3 is 10.8 Å². The van der Waals surface area contributed by atoms with E-state index in [0.717, 1.165) is 0 Å². The zero-order chi connectivity index (χ0) is 11.5.